The van der Waals surface area contributed by atoms with Gasteiger partial charge in [0, 0.05) is 41.9 Å². The molecule has 7 nitrogen and oxygen atoms in total. The van der Waals surface area contributed by atoms with E-state index in [-0.39, 0.29) is 66.9 Å². The number of carbonyl (C=O) groups is 1. The Morgan fingerprint density at radius 3 is 2.60 bits per heavy atom. The van der Waals surface area contributed by atoms with Gasteiger partial charge in [-0.25, -0.2) is 4.39 Å². The van der Waals surface area contributed by atoms with E-state index in [1.807, 2.05) is 0 Å². The van der Waals surface area contributed by atoms with Crippen molar-refractivity contribution < 1.29 is 40.6 Å². The minimum absolute atomic E-state index is 0.0274. The zero-order valence-electron chi connectivity index (χ0n) is 18.3. The molecule has 0 aliphatic rings. The van der Waals surface area contributed by atoms with Crippen LogP contribution in [0.25, 0.3) is 22.8 Å². The van der Waals surface area contributed by atoms with Crippen molar-refractivity contribution in [1.82, 2.24) is 15.0 Å². The molecule has 35 heavy (non-hydrogen) atoms. The van der Waals surface area contributed by atoms with Crippen LogP contribution in [0.15, 0.2) is 40.9 Å². The number of hydrogen-bond donors (Lipinski definition) is 1. The summed E-state index contributed by atoms with van der Waals surface area (Å²) in [5.74, 6) is -2.36. The maximum absolute atomic E-state index is 14.6. The molecule has 1 heterocycles. The molecule has 3 rings (SSSR count). The average molecular weight is 517 g/mol. The zero-order valence-corrected chi connectivity index (χ0v) is 19.1. The number of benzene rings is 2. The molecule has 0 saturated heterocycles. The summed E-state index contributed by atoms with van der Waals surface area (Å²) in [6.45, 7) is 0.171. The predicted molar refractivity (Wildman–Crippen MR) is 118 cm³/mol. The summed E-state index contributed by atoms with van der Waals surface area (Å²) >= 11 is -0.0474. The molecule has 2 aromatic carbocycles. The van der Waals surface area contributed by atoms with Crippen LogP contribution in [0.2, 0.25) is 0 Å². The topological polar surface area (TPSA) is 88.7 Å². The van der Waals surface area contributed by atoms with Gasteiger partial charge >= 0.3 is 12.1 Å². The van der Waals surface area contributed by atoms with Gasteiger partial charge < -0.3 is 19.3 Å². The normalized spacial score (nSPS) is 11.7. The molecular formula is C22H20F5N3O4S. The second kappa shape index (κ2) is 11.5. The van der Waals surface area contributed by atoms with Crippen molar-refractivity contribution in [3.63, 3.8) is 0 Å². The number of rotatable bonds is 11. The molecule has 0 aliphatic carbocycles. The van der Waals surface area contributed by atoms with Crippen LogP contribution in [0.5, 0.6) is 5.75 Å². The fourth-order valence-electron chi connectivity index (χ4n) is 3.12. The number of halogens is 5. The van der Waals surface area contributed by atoms with E-state index in [2.05, 4.69) is 10.1 Å². The van der Waals surface area contributed by atoms with Gasteiger partial charge in [-0.05, 0) is 31.3 Å². The Balaban J connectivity index is 1.80. The van der Waals surface area contributed by atoms with Crippen LogP contribution in [0.3, 0.4) is 0 Å². The Bertz CT molecular complexity index is 1170. The summed E-state index contributed by atoms with van der Waals surface area (Å²) in [6, 6.07) is 7.34. The highest BCUT2D eigenvalue weighted by Gasteiger charge is 2.35. The lowest BCUT2D eigenvalue weighted by Crippen LogP contribution is -2.21. The van der Waals surface area contributed by atoms with Gasteiger partial charge in [-0.1, -0.05) is 17.3 Å². The number of hydrogen-bond acceptors (Lipinski definition) is 7. The molecule has 0 amide bonds. The fourth-order valence-corrected chi connectivity index (χ4v) is 3.27. The van der Waals surface area contributed by atoms with Crippen LogP contribution in [-0.2, 0) is 17.5 Å². The molecule has 0 atom stereocenters. The van der Waals surface area contributed by atoms with Crippen LogP contribution >= 0.6 is 12.1 Å². The third-order valence-corrected chi connectivity index (χ3v) is 5.16. The molecule has 0 saturated carbocycles. The van der Waals surface area contributed by atoms with Crippen molar-refractivity contribution in [1.29, 1.82) is 0 Å². The molecule has 0 aliphatic heterocycles. The van der Waals surface area contributed by atoms with Gasteiger partial charge in [0.15, 0.2) is 0 Å². The van der Waals surface area contributed by atoms with Crippen molar-refractivity contribution in [3.05, 3.63) is 53.3 Å². The summed E-state index contributed by atoms with van der Waals surface area (Å²) in [7, 11) is 1.66. The van der Waals surface area contributed by atoms with Gasteiger partial charge in [-0.2, -0.15) is 22.0 Å². The highest BCUT2D eigenvalue weighted by atomic mass is 32.2. The van der Waals surface area contributed by atoms with Gasteiger partial charge in [0.2, 0.25) is 5.82 Å². The van der Waals surface area contributed by atoms with E-state index < -0.39 is 29.3 Å². The lowest BCUT2D eigenvalue weighted by molar-refractivity contribution is -0.139. The van der Waals surface area contributed by atoms with Crippen LogP contribution in [0.1, 0.15) is 17.5 Å². The van der Waals surface area contributed by atoms with E-state index in [9.17, 15) is 26.2 Å². The van der Waals surface area contributed by atoms with E-state index in [1.54, 1.807) is 11.9 Å². The van der Waals surface area contributed by atoms with Gasteiger partial charge in [0.25, 0.3) is 5.89 Å². The summed E-state index contributed by atoms with van der Waals surface area (Å²) in [4.78, 5) is 16.4. The monoisotopic (exact) mass is 517 g/mol. The summed E-state index contributed by atoms with van der Waals surface area (Å²) in [5.41, 5.74) is -0.544. The largest absolute Gasteiger partial charge is 0.492 e. The minimum Gasteiger partial charge on any atom is -0.492 e. The maximum atomic E-state index is 14.6. The third-order valence-electron chi connectivity index (χ3n) is 4.83. The Labute approximate surface area is 201 Å². The zero-order chi connectivity index (χ0) is 25.6. The first-order chi connectivity index (χ1) is 16.6. The number of alkyl halides is 3. The highest BCUT2D eigenvalue weighted by molar-refractivity contribution is 7.94. The number of carboxylic acids is 1. The lowest BCUT2D eigenvalue weighted by atomic mass is 10.1. The van der Waals surface area contributed by atoms with Crippen LogP contribution in [0, 0.1) is 5.82 Å². The van der Waals surface area contributed by atoms with Crippen molar-refractivity contribution in [2.75, 3.05) is 26.0 Å². The predicted octanol–water partition coefficient (Wildman–Crippen LogP) is 5.46. The van der Waals surface area contributed by atoms with Crippen molar-refractivity contribution >= 4 is 18.1 Å². The molecule has 1 N–H and O–H groups in total. The molecule has 0 radical (unpaired) electrons. The minimum atomic E-state index is -4.74. The van der Waals surface area contributed by atoms with Gasteiger partial charge in [0.05, 0.1) is 24.3 Å². The average Bonchev–Trinajstić information content (AvgIpc) is 3.29. The highest BCUT2D eigenvalue weighted by Crippen LogP contribution is 2.39. The van der Waals surface area contributed by atoms with E-state index in [1.165, 1.54) is 18.2 Å². The van der Waals surface area contributed by atoms with Gasteiger partial charge in [0.1, 0.15) is 11.6 Å². The Kier molecular flexibility index (Phi) is 8.67. The molecule has 0 fully saturated rings. The van der Waals surface area contributed by atoms with E-state index in [0.717, 1.165) is 18.2 Å². The molecule has 13 heteroatoms. The summed E-state index contributed by atoms with van der Waals surface area (Å²) in [6.07, 6.45) is -4.82. The van der Waals surface area contributed by atoms with Crippen molar-refractivity contribution in [2.24, 2.45) is 0 Å². The van der Waals surface area contributed by atoms with Crippen LogP contribution < -0.4 is 4.74 Å². The Morgan fingerprint density at radius 2 is 1.94 bits per heavy atom. The second-order valence-corrected chi connectivity index (χ2v) is 8.11. The molecular weight excluding hydrogens is 497 g/mol. The number of ether oxygens (including phenoxy) is 1. The van der Waals surface area contributed by atoms with E-state index >= 15 is 0 Å². The SMILES string of the molecule is CN(CCC(=O)O)Cc1ccc(-c2noc(-c3ccc(OCCSF)c(C(F)(F)F)c3)n2)cc1F. The molecule has 0 bridgehead atoms. The quantitative estimate of drug-likeness (QED) is 0.265. The standard InChI is InChI=1S/C22H20F5N3O4S/c1-30(7-6-19(31)32)12-15-3-2-13(11-17(15)23)20-28-21(34-29-20)14-4-5-18(33-8-9-35-27)16(10-14)22(24,25)26/h2-5,10-11H,6-9,12H2,1H3,(H,31,32). The maximum Gasteiger partial charge on any atom is 0.419 e. The molecule has 1 aromatic heterocycles. The lowest BCUT2D eigenvalue weighted by Gasteiger charge is -2.16. The van der Waals surface area contributed by atoms with E-state index in [4.69, 9.17) is 14.4 Å². The summed E-state index contributed by atoms with van der Waals surface area (Å²) in [5, 5.41) is 12.5. The van der Waals surface area contributed by atoms with Crippen LogP contribution in [0.4, 0.5) is 21.4 Å². The first-order valence-electron chi connectivity index (χ1n) is 10.2. The smallest absolute Gasteiger partial charge is 0.419 e. The fraction of sp³-hybridized carbons (Fsp3) is 0.318. The van der Waals surface area contributed by atoms with Crippen molar-refractivity contribution in [2.45, 2.75) is 19.1 Å². The second-order valence-electron chi connectivity index (χ2n) is 7.48. The molecule has 0 spiro atoms. The Morgan fingerprint density at radius 1 is 1.20 bits per heavy atom. The summed E-state index contributed by atoms with van der Waals surface area (Å²) < 4.78 is 77.3. The first kappa shape index (κ1) is 26.4. The number of aromatic nitrogens is 2. The first-order valence-corrected chi connectivity index (χ1v) is 11.1. The van der Waals surface area contributed by atoms with E-state index in [0.29, 0.717) is 5.56 Å². The number of carboxylic acid groups (broad SMARTS) is 1. The van der Waals surface area contributed by atoms with Gasteiger partial charge in [-0.3, -0.25) is 4.79 Å². The molecule has 3 aromatic rings. The number of aliphatic carboxylic acids is 1. The Hall–Kier alpha value is -3.19. The van der Waals surface area contributed by atoms with Crippen LogP contribution in [-0.4, -0.2) is 52.1 Å². The third kappa shape index (κ3) is 7.15. The molecule has 188 valence electrons. The number of nitrogens with zero attached hydrogens (tertiary/aromatic N) is 3. The van der Waals surface area contributed by atoms with Gasteiger partial charge in [-0.15, -0.1) is 0 Å². The molecule has 0 unspecified atom stereocenters. The van der Waals surface area contributed by atoms with Crippen molar-refractivity contribution in [3.8, 4) is 28.6 Å².